The Bertz CT molecular complexity index is 1770. The summed E-state index contributed by atoms with van der Waals surface area (Å²) in [7, 11) is -9.90. The van der Waals surface area contributed by atoms with Crippen LogP contribution < -0.4 is 0 Å². The number of phosphoric acid groups is 2. The van der Waals surface area contributed by atoms with Gasteiger partial charge in [-0.15, -0.1) is 0 Å². The lowest BCUT2D eigenvalue weighted by Gasteiger charge is -2.21. The van der Waals surface area contributed by atoms with Gasteiger partial charge in [0.15, 0.2) is 12.2 Å². The van der Waals surface area contributed by atoms with Crippen molar-refractivity contribution >= 4 is 39.5 Å². The number of phosphoric ester groups is 2. The van der Waals surface area contributed by atoms with Crippen molar-refractivity contribution in [2.24, 2.45) is 23.7 Å². The number of ether oxygens (including phenoxy) is 4. The van der Waals surface area contributed by atoms with Crippen molar-refractivity contribution in [2.75, 3.05) is 39.6 Å². The van der Waals surface area contributed by atoms with Crippen LogP contribution in [-0.4, -0.2) is 96.7 Å². The fourth-order valence-electron chi connectivity index (χ4n) is 10.4. The SMILES string of the molecule is CCC(C)CCCCCCCCCCC(=O)O[C@H](COC(=O)CCCCCCCCCCCCCCCCC(C)C)COP(=O)(O)OC[C@@H](O)COP(=O)(O)OC[C@@H](COC(=O)CCCCCCCCC(C)CC)OC(=O)CCCCCCCCCC(C)C. The fraction of sp³-hybridized carbons (Fsp3) is 0.943. The second-order valence-corrected chi connectivity index (χ2v) is 29.6. The number of carbonyl (C=O) groups is 4. The Morgan fingerprint density at radius 2 is 0.539 bits per heavy atom. The van der Waals surface area contributed by atoms with E-state index in [1.807, 2.05) is 0 Å². The molecule has 17 nitrogen and oxygen atoms in total. The minimum absolute atomic E-state index is 0.102. The summed E-state index contributed by atoms with van der Waals surface area (Å²) in [6.07, 6.45) is 41.8. The Hall–Kier alpha value is -1.94. The van der Waals surface area contributed by atoms with E-state index < -0.39 is 97.5 Å². The monoisotopic (exact) mass is 1310 g/mol. The van der Waals surface area contributed by atoms with E-state index in [1.54, 1.807) is 0 Å². The van der Waals surface area contributed by atoms with Gasteiger partial charge in [0.2, 0.25) is 0 Å². The highest BCUT2D eigenvalue weighted by Gasteiger charge is 2.30. The maximum Gasteiger partial charge on any atom is 0.472 e. The number of hydrogen-bond acceptors (Lipinski definition) is 15. The lowest BCUT2D eigenvalue weighted by Crippen LogP contribution is -2.30. The standard InChI is InChI=1S/C70H136O17P2/c1-9-62(7)48-40-32-24-19-20-26-36-44-52-69(74)86-65(56-80-67(72)50-42-34-25-18-16-14-12-11-13-15-17-22-30-38-46-60(3)4)58-84-88(76,77)82-54-64(71)55-83-89(78,79)85-59-66(87-70(75)53-45-37-27-21-23-31-39-47-61(5)6)57-81-68(73)51-43-35-29-28-33-41-49-63(8)10-2/h60-66,71H,9-59H2,1-8H3,(H,76,77)(H,78,79)/t62?,63?,64-,65-,66-/m1/s1. The van der Waals surface area contributed by atoms with E-state index in [-0.39, 0.29) is 25.7 Å². The maximum absolute atomic E-state index is 13.0. The molecule has 0 rings (SSSR count). The minimum atomic E-state index is -4.95. The zero-order valence-electron chi connectivity index (χ0n) is 58.1. The molecule has 3 N–H and O–H groups in total. The number of aliphatic hydroxyl groups excluding tert-OH is 1. The average Bonchev–Trinajstić information content (AvgIpc) is 3.70. The molecular formula is C70H136O17P2. The van der Waals surface area contributed by atoms with Gasteiger partial charge in [-0.05, 0) is 49.4 Å². The Morgan fingerprint density at radius 1 is 0.315 bits per heavy atom. The summed E-state index contributed by atoms with van der Waals surface area (Å²) >= 11 is 0. The van der Waals surface area contributed by atoms with Crippen LogP contribution in [0, 0.1) is 23.7 Å². The van der Waals surface area contributed by atoms with Crippen molar-refractivity contribution in [3.05, 3.63) is 0 Å². The first-order valence-corrected chi connectivity index (χ1v) is 39.3. The van der Waals surface area contributed by atoms with E-state index in [9.17, 15) is 43.2 Å². The summed E-state index contributed by atoms with van der Waals surface area (Å²) in [6, 6.07) is 0. The third kappa shape index (κ3) is 62.0. The Morgan fingerprint density at radius 3 is 0.798 bits per heavy atom. The minimum Gasteiger partial charge on any atom is -0.462 e. The van der Waals surface area contributed by atoms with Gasteiger partial charge in [0.05, 0.1) is 26.4 Å². The predicted molar refractivity (Wildman–Crippen MR) is 358 cm³/mol. The van der Waals surface area contributed by atoms with E-state index in [0.717, 1.165) is 114 Å². The van der Waals surface area contributed by atoms with Gasteiger partial charge in [-0.3, -0.25) is 37.3 Å². The molecule has 0 aliphatic carbocycles. The molecule has 0 aromatic heterocycles. The van der Waals surface area contributed by atoms with Gasteiger partial charge in [0, 0.05) is 25.7 Å². The molecular weight excluding hydrogens is 1170 g/mol. The highest BCUT2D eigenvalue weighted by molar-refractivity contribution is 7.47. The van der Waals surface area contributed by atoms with Crippen molar-refractivity contribution < 1.29 is 80.2 Å². The third-order valence-electron chi connectivity index (χ3n) is 16.8. The maximum atomic E-state index is 13.0. The quantitative estimate of drug-likeness (QED) is 0.0222. The van der Waals surface area contributed by atoms with Crippen LogP contribution in [0.4, 0.5) is 0 Å². The lowest BCUT2D eigenvalue weighted by atomic mass is 9.99. The summed E-state index contributed by atoms with van der Waals surface area (Å²) in [5.74, 6) is 0.862. The molecule has 0 saturated carbocycles. The van der Waals surface area contributed by atoms with Crippen molar-refractivity contribution in [1.82, 2.24) is 0 Å². The van der Waals surface area contributed by atoms with Crippen molar-refractivity contribution in [3.8, 4) is 0 Å². The van der Waals surface area contributed by atoms with E-state index >= 15 is 0 Å². The van der Waals surface area contributed by atoms with Crippen LogP contribution in [0.1, 0.15) is 344 Å². The summed E-state index contributed by atoms with van der Waals surface area (Å²) in [4.78, 5) is 72.5. The number of hydrogen-bond donors (Lipinski definition) is 3. The normalized spacial score (nSPS) is 14.9. The molecule has 0 aromatic carbocycles. The molecule has 89 heavy (non-hydrogen) atoms. The van der Waals surface area contributed by atoms with E-state index in [4.69, 9.17) is 37.0 Å². The average molecular weight is 1310 g/mol. The molecule has 0 bridgehead atoms. The van der Waals surface area contributed by atoms with Crippen molar-refractivity contribution in [1.29, 1.82) is 0 Å². The number of aliphatic hydroxyl groups is 1. The number of rotatable bonds is 67. The molecule has 0 aromatic rings. The van der Waals surface area contributed by atoms with Crippen LogP contribution in [0.25, 0.3) is 0 Å². The third-order valence-corrected chi connectivity index (χ3v) is 18.7. The van der Waals surface area contributed by atoms with Crippen LogP contribution >= 0.6 is 15.6 Å². The molecule has 0 heterocycles. The van der Waals surface area contributed by atoms with Gasteiger partial charge < -0.3 is 33.8 Å². The first-order valence-electron chi connectivity index (χ1n) is 36.3. The molecule has 0 radical (unpaired) electrons. The number of unbranched alkanes of at least 4 members (excludes halogenated alkanes) is 31. The predicted octanol–water partition coefficient (Wildman–Crippen LogP) is 19.7. The Labute approximate surface area is 543 Å². The molecule has 528 valence electrons. The second-order valence-electron chi connectivity index (χ2n) is 26.7. The zero-order valence-corrected chi connectivity index (χ0v) is 59.8. The second kappa shape index (κ2) is 59.8. The van der Waals surface area contributed by atoms with Crippen molar-refractivity contribution in [3.63, 3.8) is 0 Å². The topological polar surface area (TPSA) is 237 Å². The molecule has 19 heteroatoms. The van der Waals surface area contributed by atoms with Crippen LogP contribution in [0.15, 0.2) is 0 Å². The molecule has 0 aliphatic heterocycles. The van der Waals surface area contributed by atoms with Gasteiger partial charge in [0.1, 0.15) is 19.3 Å². The smallest absolute Gasteiger partial charge is 0.462 e. The van der Waals surface area contributed by atoms with Gasteiger partial charge in [-0.25, -0.2) is 9.13 Å². The molecule has 0 amide bonds. The molecule has 0 aliphatic rings. The lowest BCUT2D eigenvalue weighted by molar-refractivity contribution is -0.161. The van der Waals surface area contributed by atoms with E-state index in [2.05, 4.69) is 55.4 Å². The van der Waals surface area contributed by atoms with Crippen LogP contribution in [0.5, 0.6) is 0 Å². The van der Waals surface area contributed by atoms with Gasteiger partial charge in [-0.2, -0.15) is 0 Å². The van der Waals surface area contributed by atoms with E-state index in [1.165, 1.54) is 141 Å². The first kappa shape index (κ1) is 87.1. The summed E-state index contributed by atoms with van der Waals surface area (Å²) < 4.78 is 68.2. The van der Waals surface area contributed by atoms with Crippen LogP contribution in [-0.2, 0) is 65.4 Å². The van der Waals surface area contributed by atoms with Crippen molar-refractivity contribution in [2.45, 2.75) is 363 Å². The molecule has 0 saturated heterocycles. The summed E-state index contributed by atoms with van der Waals surface area (Å²) in [5.41, 5.74) is 0. The number of carbonyl (C=O) groups excluding carboxylic acids is 4. The first-order chi connectivity index (χ1) is 42.7. The highest BCUT2D eigenvalue weighted by atomic mass is 31.2. The molecule has 0 fully saturated rings. The Balaban J connectivity index is 5.23. The van der Waals surface area contributed by atoms with Crippen LogP contribution in [0.3, 0.4) is 0 Å². The largest absolute Gasteiger partial charge is 0.472 e. The van der Waals surface area contributed by atoms with E-state index in [0.29, 0.717) is 31.6 Å². The number of esters is 4. The summed E-state index contributed by atoms with van der Waals surface area (Å²) in [6.45, 7) is 14.1. The van der Waals surface area contributed by atoms with Gasteiger partial charge >= 0.3 is 39.5 Å². The Kier molecular flexibility index (Phi) is 58.5. The molecule has 7 atom stereocenters. The molecule has 0 spiro atoms. The molecule has 4 unspecified atom stereocenters. The van der Waals surface area contributed by atoms with Gasteiger partial charge in [0.25, 0.3) is 0 Å². The fourth-order valence-corrected chi connectivity index (χ4v) is 12.0. The van der Waals surface area contributed by atoms with Gasteiger partial charge in [-0.1, -0.05) is 293 Å². The van der Waals surface area contributed by atoms with Crippen LogP contribution in [0.2, 0.25) is 0 Å². The zero-order chi connectivity index (χ0) is 66.1. The highest BCUT2D eigenvalue weighted by Crippen LogP contribution is 2.45. The summed E-state index contributed by atoms with van der Waals surface area (Å²) in [5, 5.41) is 10.6.